The highest BCUT2D eigenvalue weighted by Gasteiger charge is 2.15. The van der Waals surface area contributed by atoms with Crippen LogP contribution in [0.2, 0.25) is 0 Å². The molecule has 90 valence electrons. The lowest BCUT2D eigenvalue weighted by Crippen LogP contribution is -2.25. The van der Waals surface area contributed by atoms with Crippen LogP contribution in [0.25, 0.3) is 0 Å². The average Bonchev–Trinajstić information content (AvgIpc) is 2.89. The van der Waals surface area contributed by atoms with Crippen molar-refractivity contribution in [2.45, 2.75) is 13.0 Å². The van der Waals surface area contributed by atoms with E-state index in [9.17, 15) is 4.79 Å². The van der Waals surface area contributed by atoms with Crippen LogP contribution in [0.3, 0.4) is 0 Å². The highest BCUT2D eigenvalue weighted by Crippen LogP contribution is 2.32. The average molecular weight is 395 g/mol. The molecule has 2 nitrogen and oxygen atoms in total. The van der Waals surface area contributed by atoms with Crippen LogP contribution in [0.4, 0.5) is 0 Å². The van der Waals surface area contributed by atoms with Crippen LogP contribution in [0.5, 0.6) is 0 Å². The minimum atomic E-state index is -0.0416. The van der Waals surface area contributed by atoms with E-state index in [1.54, 1.807) is 11.3 Å². The second-order valence-corrected chi connectivity index (χ2v) is 7.49. The van der Waals surface area contributed by atoms with Crippen LogP contribution >= 0.6 is 54.5 Å². The summed E-state index contributed by atoms with van der Waals surface area (Å²) in [6, 6.07) is 3.88. The molecule has 0 bridgehead atoms. The fourth-order valence-electron chi connectivity index (χ4n) is 1.33. The summed E-state index contributed by atoms with van der Waals surface area (Å²) in [7, 11) is 0. The molecule has 0 radical (unpaired) electrons. The summed E-state index contributed by atoms with van der Waals surface area (Å²) in [6.07, 6.45) is 0. The molecule has 0 aliphatic heterocycles. The van der Waals surface area contributed by atoms with E-state index in [0.29, 0.717) is 4.88 Å². The molecule has 0 aliphatic carbocycles. The van der Waals surface area contributed by atoms with Crippen LogP contribution < -0.4 is 5.32 Å². The highest BCUT2D eigenvalue weighted by molar-refractivity contribution is 9.13. The molecule has 2 aromatic rings. The van der Waals surface area contributed by atoms with Crippen molar-refractivity contribution in [3.63, 3.8) is 0 Å². The lowest BCUT2D eigenvalue weighted by molar-refractivity contribution is 0.0944. The van der Waals surface area contributed by atoms with E-state index in [-0.39, 0.29) is 11.9 Å². The van der Waals surface area contributed by atoms with E-state index in [1.807, 2.05) is 29.8 Å². The number of amides is 1. The monoisotopic (exact) mass is 393 g/mol. The molecule has 2 rings (SSSR count). The number of carbonyl (C=O) groups excluding carboxylic acids is 1. The number of rotatable bonds is 3. The quantitative estimate of drug-likeness (QED) is 0.793. The molecule has 6 heteroatoms. The second kappa shape index (κ2) is 5.65. The standard InChI is InChI=1S/C11H9Br2NOS2/c1-6(7-2-3-16-5-7)14-11(15)9-4-8(12)10(13)17-9/h2-6H,1H3,(H,14,15). The summed E-state index contributed by atoms with van der Waals surface area (Å²) in [4.78, 5) is 12.7. The lowest BCUT2D eigenvalue weighted by atomic mass is 10.2. The second-order valence-electron chi connectivity index (χ2n) is 3.48. The van der Waals surface area contributed by atoms with Gasteiger partial charge in [0.25, 0.3) is 5.91 Å². The fourth-order valence-corrected chi connectivity index (χ4v) is 4.02. The van der Waals surface area contributed by atoms with E-state index < -0.39 is 0 Å². The number of thiophene rings is 2. The molecule has 0 fully saturated rings. The van der Waals surface area contributed by atoms with Gasteiger partial charge in [0, 0.05) is 4.47 Å². The minimum Gasteiger partial charge on any atom is -0.345 e. The maximum atomic E-state index is 12.0. The van der Waals surface area contributed by atoms with Crippen molar-refractivity contribution in [1.29, 1.82) is 0 Å². The van der Waals surface area contributed by atoms with Gasteiger partial charge in [-0.05, 0) is 67.2 Å². The van der Waals surface area contributed by atoms with Gasteiger partial charge in [-0.25, -0.2) is 0 Å². The third-order valence-electron chi connectivity index (χ3n) is 2.26. The molecular formula is C11H9Br2NOS2. The Bertz CT molecular complexity index is 502. The fraction of sp³-hybridized carbons (Fsp3) is 0.182. The summed E-state index contributed by atoms with van der Waals surface area (Å²) in [5.41, 5.74) is 1.14. The summed E-state index contributed by atoms with van der Waals surface area (Å²) in [5.74, 6) is -0.0416. The first-order valence-corrected chi connectivity index (χ1v) is 8.20. The van der Waals surface area contributed by atoms with Crippen LogP contribution in [0.15, 0.2) is 31.2 Å². The van der Waals surface area contributed by atoms with Crippen molar-refractivity contribution in [2.24, 2.45) is 0 Å². The van der Waals surface area contributed by atoms with Gasteiger partial charge in [-0.1, -0.05) is 0 Å². The first-order valence-electron chi connectivity index (χ1n) is 4.85. The number of halogens is 2. The molecule has 0 saturated carbocycles. The van der Waals surface area contributed by atoms with Crippen LogP contribution in [0, 0.1) is 0 Å². The van der Waals surface area contributed by atoms with Gasteiger partial charge in [-0.15, -0.1) is 11.3 Å². The Morgan fingerprint density at radius 2 is 2.24 bits per heavy atom. The van der Waals surface area contributed by atoms with Gasteiger partial charge in [0.2, 0.25) is 0 Å². The summed E-state index contributed by atoms with van der Waals surface area (Å²) in [5, 5.41) is 7.03. The maximum absolute atomic E-state index is 12.0. The summed E-state index contributed by atoms with van der Waals surface area (Å²) in [6.45, 7) is 1.98. The minimum absolute atomic E-state index is 0.0356. The van der Waals surface area contributed by atoms with Gasteiger partial charge in [-0.3, -0.25) is 4.79 Å². The number of hydrogen-bond donors (Lipinski definition) is 1. The van der Waals surface area contributed by atoms with E-state index in [0.717, 1.165) is 13.8 Å². The largest absolute Gasteiger partial charge is 0.345 e. The predicted octanol–water partition coefficient (Wildman–Crippen LogP) is 4.83. The van der Waals surface area contributed by atoms with Gasteiger partial charge < -0.3 is 5.32 Å². The molecule has 0 aromatic carbocycles. The van der Waals surface area contributed by atoms with E-state index in [1.165, 1.54) is 11.3 Å². The summed E-state index contributed by atoms with van der Waals surface area (Å²) < 4.78 is 1.85. The van der Waals surface area contributed by atoms with Gasteiger partial charge in [0.15, 0.2) is 0 Å². The van der Waals surface area contributed by atoms with E-state index in [2.05, 4.69) is 37.2 Å². The molecule has 0 aliphatic rings. The third kappa shape index (κ3) is 3.19. The van der Waals surface area contributed by atoms with Crippen molar-refractivity contribution >= 4 is 60.4 Å². The number of hydrogen-bond acceptors (Lipinski definition) is 3. The number of nitrogens with one attached hydrogen (secondary N) is 1. The van der Waals surface area contributed by atoms with Gasteiger partial charge >= 0.3 is 0 Å². The first kappa shape index (κ1) is 13.3. The Hall–Kier alpha value is -0.170. The number of carbonyl (C=O) groups is 1. The van der Waals surface area contributed by atoms with E-state index >= 15 is 0 Å². The Morgan fingerprint density at radius 1 is 1.47 bits per heavy atom. The zero-order valence-corrected chi connectivity index (χ0v) is 13.7. The normalized spacial score (nSPS) is 12.4. The topological polar surface area (TPSA) is 29.1 Å². The molecule has 2 heterocycles. The predicted molar refractivity (Wildman–Crippen MR) is 79.9 cm³/mol. The third-order valence-corrected chi connectivity index (χ3v) is 6.22. The Balaban J connectivity index is 2.07. The Kier molecular flexibility index (Phi) is 4.41. The SMILES string of the molecule is CC(NC(=O)c1cc(Br)c(Br)s1)c1ccsc1. The Labute approximate surface area is 124 Å². The van der Waals surface area contributed by atoms with Crippen molar-refractivity contribution in [3.05, 3.63) is 41.6 Å². The lowest BCUT2D eigenvalue weighted by Gasteiger charge is -2.11. The molecule has 0 saturated heterocycles. The van der Waals surface area contributed by atoms with Crippen molar-refractivity contribution < 1.29 is 4.79 Å². The first-order chi connectivity index (χ1) is 8.08. The van der Waals surface area contributed by atoms with Crippen molar-refractivity contribution in [1.82, 2.24) is 5.32 Å². The molecule has 0 spiro atoms. The van der Waals surface area contributed by atoms with E-state index in [4.69, 9.17) is 0 Å². The molecular weight excluding hydrogens is 386 g/mol. The van der Waals surface area contributed by atoms with Crippen LogP contribution in [0.1, 0.15) is 28.2 Å². The molecule has 17 heavy (non-hydrogen) atoms. The van der Waals surface area contributed by atoms with Crippen LogP contribution in [-0.2, 0) is 0 Å². The molecule has 2 aromatic heterocycles. The van der Waals surface area contributed by atoms with Crippen LogP contribution in [-0.4, -0.2) is 5.91 Å². The molecule has 1 unspecified atom stereocenters. The Morgan fingerprint density at radius 3 is 2.76 bits per heavy atom. The van der Waals surface area contributed by atoms with Crippen molar-refractivity contribution in [3.8, 4) is 0 Å². The highest BCUT2D eigenvalue weighted by atomic mass is 79.9. The summed E-state index contributed by atoms with van der Waals surface area (Å²) >= 11 is 9.81. The van der Waals surface area contributed by atoms with Crippen molar-refractivity contribution in [2.75, 3.05) is 0 Å². The van der Waals surface area contributed by atoms with Gasteiger partial charge in [0.1, 0.15) is 0 Å². The molecule has 1 N–H and O–H groups in total. The molecule has 1 amide bonds. The van der Waals surface area contributed by atoms with Gasteiger partial charge in [0.05, 0.1) is 14.7 Å². The van der Waals surface area contributed by atoms with Gasteiger partial charge in [-0.2, -0.15) is 11.3 Å². The smallest absolute Gasteiger partial charge is 0.261 e. The maximum Gasteiger partial charge on any atom is 0.261 e. The molecule has 1 atom stereocenters. The zero-order valence-electron chi connectivity index (χ0n) is 8.87. The zero-order chi connectivity index (χ0) is 12.4.